The molecule has 0 aliphatic heterocycles. The van der Waals surface area contributed by atoms with Crippen LogP contribution in [-0.2, 0) is 0 Å². The number of carbonyl (C=O) groups is 2. The van der Waals surface area contributed by atoms with Crippen LogP contribution in [0.1, 0.15) is 24.4 Å². The molecule has 0 aliphatic rings. The van der Waals surface area contributed by atoms with Crippen LogP contribution < -0.4 is 21.5 Å². The Kier molecular flexibility index (Phi) is 13.4. The molecule has 2 heterocycles. The van der Waals surface area contributed by atoms with Crippen molar-refractivity contribution in [3.05, 3.63) is 56.0 Å². The van der Waals surface area contributed by atoms with Gasteiger partial charge in [-0.25, -0.2) is 20.4 Å². The quantitative estimate of drug-likeness (QED) is 0.118. The van der Waals surface area contributed by atoms with Gasteiger partial charge < -0.3 is 24.4 Å². The molecule has 0 fully saturated rings. The summed E-state index contributed by atoms with van der Waals surface area (Å²) in [6.45, 7) is 2.20. The SMILES string of the molecule is CN(CCCNC(=O)NN=Cc1ccc([N+](=O)[O-])o1)CCCNC(=O)NN=Cc1ccc([N+](=O)[O-])o1.Cl. The number of nitrogens with one attached hydrogen (secondary N) is 4. The van der Waals surface area contributed by atoms with Crippen LogP contribution in [0.3, 0.4) is 0 Å². The number of urea groups is 2. The Morgan fingerprint density at radius 3 is 1.62 bits per heavy atom. The number of hydrazone groups is 2. The van der Waals surface area contributed by atoms with Crippen LogP contribution in [0.25, 0.3) is 0 Å². The van der Waals surface area contributed by atoms with Crippen molar-refractivity contribution in [3.8, 4) is 0 Å². The second-order valence-corrected chi connectivity index (χ2v) is 7.13. The Bertz CT molecular complexity index is 1020. The lowest BCUT2D eigenvalue weighted by Crippen LogP contribution is -2.35. The van der Waals surface area contributed by atoms with Crippen LogP contribution in [0, 0.1) is 20.2 Å². The summed E-state index contributed by atoms with van der Waals surface area (Å²) >= 11 is 0. The second kappa shape index (κ2) is 16.2. The molecule has 202 valence electrons. The Morgan fingerprint density at radius 2 is 1.27 bits per heavy atom. The fourth-order valence-electron chi connectivity index (χ4n) is 2.62. The summed E-state index contributed by atoms with van der Waals surface area (Å²) in [7, 11) is 1.90. The van der Waals surface area contributed by atoms with Gasteiger partial charge in [0.15, 0.2) is 11.5 Å². The van der Waals surface area contributed by atoms with Crippen LogP contribution >= 0.6 is 12.4 Å². The molecular formula is C19H26ClN9O8. The van der Waals surface area contributed by atoms with Crippen LogP contribution in [0.4, 0.5) is 21.4 Å². The molecule has 2 rings (SSSR count). The van der Waals surface area contributed by atoms with Crippen molar-refractivity contribution in [1.29, 1.82) is 0 Å². The molecule has 4 amide bonds. The summed E-state index contributed by atoms with van der Waals surface area (Å²) in [4.78, 5) is 45.1. The van der Waals surface area contributed by atoms with Gasteiger partial charge in [-0.2, -0.15) is 10.2 Å². The van der Waals surface area contributed by atoms with Crippen LogP contribution in [0.5, 0.6) is 0 Å². The first-order chi connectivity index (χ1) is 17.2. The standard InChI is InChI=1S/C19H25N9O8.ClH/c1-26(10-2-8-20-18(29)24-22-12-14-4-6-16(35-14)27(31)32)11-3-9-21-19(30)25-23-13-15-5-7-17(36-15)28(33)34;/h4-7,12-13H,2-3,8-11H2,1H3,(H2,20,24,29)(H2,21,25,30);1H. The van der Waals surface area contributed by atoms with Gasteiger partial charge in [-0.05, 0) is 45.1 Å². The maximum absolute atomic E-state index is 11.7. The molecule has 18 heteroatoms. The first-order valence-corrected chi connectivity index (χ1v) is 10.6. The van der Waals surface area contributed by atoms with Crippen molar-refractivity contribution in [1.82, 2.24) is 26.4 Å². The molecular weight excluding hydrogens is 518 g/mol. The number of halogens is 1. The molecule has 0 radical (unpaired) electrons. The molecule has 0 aliphatic carbocycles. The highest BCUT2D eigenvalue weighted by atomic mass is 35.5. The number of carbonyl (C=O) groups excluding carboxylic acids is 2. The topological polar surface area (TPSA) is 223 Å². The maximum Gasteiger partial charge on any atom is 0.433 e. The van der Waals surface area contributed by atoms with E-state index in [0.29, 0.717) is 39.0 Å². The van der Waals surface area contributed by atoms with Gasteiger partial charge in [0.05, 0.1) is 24.6 Å². The number of rotatable bonds is 14. The molecule has 0 atom stereocenters. The van der Waals surface area contributed by atoms with Crippen molar-refractivity contribution < 1.29 is 28.3 Å². The predicted molar refractivity (Wildman–Crippen MR) is 133 cm³/mol. The largest absolute Gasteiger partial charge is 0.433 e. The summed E-state index contributed by atoms with van der Waals surface area (Å²) in [5.74, 6) is -0.581. The fraction of sp³-hybridized carbons (Fsp3) is 0.368. The summed E-state index contributed by atoms with van der Waals surface area (Å²) in [6.07, 6.45) is 3.64. The number of nitro groups is 2. The van der Waals surface area contributed by atoms with E-state index in [1.165, 1.54) is 24.3 Å². The van der Waals surface area contributed by atoms with E-state index in [1.807, 2.05) is 11.9 Å². The van der Waals surface area contributed by atoms with E-state index in [4.69, 9.17) is 8.83 Å². The van der Waals surface area contributed by atoms with Gasteiger partial charge in [0.2, 0.25) is 0 Å². The smallest absolute Gasteiger partial charge is 0.400 e. The normalized spacial score (nSPS) is 10.9. The van der Waals surface area contributed by atoms with E-state index in [9.17, 15) is 29.8 Å². The lowest BCUT2D eigenvalue weighted by atomic mass is 10.3. The van der Waals surface area contributed by atoms with Gasteiger partial charge in [0.1, 0.15) is 9.85 Å². The molecule has 0 saturated carbocycles. The summed E-state index contributed by atoms with van der Waals surface area (Å²) < 4.78 is 9.73. The molecule has 2 aromatic heterocycles. The highest BCUT2D eigenvalue weighted by Crippen LogP contribution is 2.14. The minimum Gasteiger partial charge on any atom is -0.400 e. The average Bonchev–Trinajstić information content (AvgIpc) is 3.50. The third-order valence-corrected chi connectivity index (χ3v) is 4.31. The van der Waals surface area contributed by atoms with E-state index >= 15 is 0 Å². The number of furan rings is 2. The van der Waals surface area contributed by atoms with Gasteiger partial charge in [-0.3, -0.25) is 20.2 Å². The molecule has 2 aromatic rings. The third kappa shape index (κ3) is 12.1. The van der Waals surface area contributed by atoms with Crippen molar-refractivity contribution in [2.45, 2.75) is 12.8 Å². The minimum atomic E-state index is -0.679. The molecule has 17 nitrogen and oxygen atoms in total. The van der Waals surface area contributed by atoms with Gasteiger partial charge in [-0.1, -0.05) is 0 Å². The van der Waals surface area contributed by atoms with E-state index in [2.05, 4.69) is 31.7 Å². The average molecular weight is 544 g/mol. The summed E-state index contributed by atoms with van der Waals surface area (Å²) in [6, 6.07) is 4.01. The molecule has 0 saturated heterocycles. The zero-order valence-electron chi connectivity index (χ0n) is 19.6. The first kappa shape index (κ1) is 30.5. The van der Waals surface area contributed by atoms with Crippen molar-refractivity contribution in [2.75, 3.05) is 33.2 Å². The lowest BCUT2D eigenvalue weighted by molar-refractivity contribution is -0.402. The lowest BCUT2D eigenvalue weighted by Gasteiger charge is -2.16. The number of amides is 4. The highest BCUT2D eigenvalue weighted by molar-refractivity contribution is 5.85. The number of hydrogen-bond acceptors (Lipinski definition) is 11. The van der Waals surface area contributed by atoms with Crippen LogP contribution in [0.15, 0.2) is 43.3 Å². The van der Waals surface area contributed by atoms with Crippen molar-refractivity contribution in [2.24, 2.45) is 10.2 Å². The Hall–Kier alpha value is -4.51. The highest BCUT2D eigenvalue weighted by Gasteiger charge is 2.11. The fourth-order valence-corrected chi connectivity index (χ4v) is 2.62. The third-order valence-electron chi connectivity index (χ3n) is 4.31. The predicted octanol–water partition coefficient (Wildman–Crippen LogP) is 1.79. The van der Waals surface area contributed by atoms with Crippen molar-refractivity contribution in [3.63, 3.8) is 0 Å². The Labute approximate surface area is 216 Å². The maximum atomic E-state index is 11.7. The first-order valence-electron chi connectivity index (χ1n) is 10.6. The van der Waals surface area contributed by atoms with Crippen molar-refractivity contribution >= 4 is 48.7 Å². The van der Waals surface area contributed by atoms with Gasteiger partial charge in [0.25, 0.3) is 0 Å². The molecule has 4 N–H and O–H groups in total. The monoisotopic (exact) mass is 543 g/mol. The second-order valence-electron chi connectivity index (χ2n) is 7.13. The molecule has 37 heavy (non-hydrogen) atoms. The number of nitrogens with zero attached hydrogens (tertiary/aromatic N) is 5. The molecule has 0 bridgehead atoms. The van der Waals surface area contributed by atoms with Crippen LogP contribution in [0.2, 0.25) is 0 Å². The molecule has 0 unspecified atom stereocenters. The van der Waals surface area contributed by atoms with E-state index < -0.39 is 33.7 Å². The minimum absolute atomic E-state index is 0. The van der Waals surface area contributed by atoms with E-state index in [-0.39, 0.29) is 23.9 Å². The zero-order valence-corrected chi connectivity index (χ0v) is 20.4. The van der Waals surface area contributed by atoms with Gasteiger partial charge in [-0.15, -0.1) is 12.4 Å². The van der Waals surface area contributed by atoms with Gasteiger partial charge in [0, 0.05) is 13.1 Å². The Balaban J connectivity index is 0.00000684. The van der Waals surface area contributed by atoms with Gasteiger partial charge >= 0.3 is 23.8 Å². The molecule has 0 spiro atoms. The summed E-state index contributed by atoms with van der Waals surface area (Å²) in [5.41, 5.74) is 4.45. The van der Waals surface area contributed by atoms with E-state index in [1.54, 1.807) is 0 Å². The molecule has 0 aromatic carbocycles. The Morgan fingerprint density at radius 1 is 0.865 bits per heavy atom. The van der Waals surface area contributed by atoms with E-state index in [0.717, 1.165) is 12.4 Å². The summed E-state index contributed by atoms with van der Waals surface area (Å²) in [5, 5.41) is 33.6. The number of hydrogen-bond donors (Lipinski definition) is 4. The van der Waals surface area contributed by atoms with Crippen LogP contribution in [-0.4, -0.2) is 72.5 Å². The zero-order chi connectivity index (χ0) is 26.3.